The number of methoxy groups -OCH3 is 1. The number of likely N-dealkylation sites (N-methyl/N-ethyl adjacent to an activating group) is 1. The number of rotatable bonds is 3. The van der Waals surface area contributed by atoms with Crippen molar-refractivity contribution in [3.8, 4) is 0 Å². The van der Waals surface area contributed by atoms with Gasteiger partial charge in [-0.25, -0.2) is 9.59 Å². The van der Waals surface area contributed by atoms with Crippen molar-refractivity contribution < 1.29 is 27.5 Å². The van der Waals surface area contributed by atoms with Crippen molar-refractivity contribution >= 4 is 29.3 Å². The van der Waals surface area contributed by atoms with E-state index < -0.39 is 34.8 Å². The van der Waals surface area contributed by atoms with Gasteiger partial charge in [-0.2, -0.15) is 13.2 Å². The summed E-state index contributed by atoms with van der Waals surface area (Å²) in [5.41, 5.74) is -1.15. The summed E-state index contributed by atoms with van der Waals surface area (Å²) in [5.74, 6) is -0.648. The van der Waals surface area contributed by atoms with E-state index >= 15 is 0 Å². The second kappa shape index (κ2) is 6.87. The predicted octanol–water partition coefficient (Wildman–Crippen LogP) is 3.38. The molecule has 5 nitrogen and oxygen atoms in total. The summed E-state index contributed by atoms with van der Waals surface area (Å²) < 4.78 is 42.7. The number of alkyl halides is 3. The van der Waals surface area contributed by atoms with Crippen LogP contribution in [-0.4, -0.2) is 37.1 Å². The average Bonchev–Trinajstić information content (AvgIpc) is 2.45. The van der Waals surface area contributed by atoms with Crippen molar-refractivity contribution in [3.05, 3.63) is 28.8 Å². The molecule has 0 fully saturated rings. The number of halogens is 4. The average molecular weight is 339 g/mol. The molecule has 0 aliphatic heterocycles. The molecule has 0 heterocycles. The molecule has 0 aromatic heterocycles. The molecule has 0 bridgehead atoms. The second-order valence-electron chi connectivity index (χ2n) is 4.43. The Bertz CT molecular complexity index is 578. The van der Waals surface area contributed by atoms with Crippen LogP contribution in [0, 0.1) is 0 Å². The Morgan fingerprint density at radius 3 is 2.45 bits per heavy atom. The summed E-state index contributed by atoms with van der Waals surface area (Å²) in [5, 5.41) is 1.79. The van der Waals surface area contributed by atoms with Crippen molar-refractivity contribution in [2.24, 2.45) is 0 Å². The number of hydrogen-bond donors (Lipinski definition) is 1. The molecule has 1 atom stereocenters. The van der Waals surface area contributed by atoms with E-state index in [0.717, 1.165) is 17.0 Å². The molecule has 0 aliphatic carbocycles. The van der Waals surface area contributed by atoms with E-state index in [9.17, 15) is 22.8 Å². The van der Waals surface area contributed by atoms with E-state index in [2.05, 4.69) is 10.1 Å². The molecule has 1 rings (SSSR count). The molecule has 1 N–H and O–H groups in total. The third-order valence-electron chi connectivity index (χ3n) is 2.97. The maximum atomic E-state index is 12.7. The summed E-state index contributed by atoms with van der Waals surface area (Å²) >= 11 is 5.49. The van der Waals surface area contributed by atoms with E-state index in [-0.39, 0.29) is 5.69 Å². The summed E-state index contributed by atoms with van der Waals surface area (Å²) in [6.07, 6.45) is -4.64. The fourth-order valence-electron chi connectivity index (χ4n) is 1.54. The number of amides is 2. The van der Waals surface area contributed by atoms with Gasteiger partial charge in [0.1, 0.15) is 6.04 Å². The van der Waals surface area contributed by atoms with Gasteiger partial charge in [0.15, 0.2) is 0 Å². The van der Waals surface area contributed by atoms with Crippen LogP contribution in [0.4, 0.5) is 23.7 Å². The van der Waals surface area contributed by atoms with Gasteiger partial charge >= 0.3 is 18.2 Å². The lowest BCUT2D eigenvalue weighted by Gasteiger charge is -2.23. The lowest BCUT2D eigenvalue weighted by atomic mass is 10.2. The van der Waals surface area contributed by atoms with Crippen molar-refractivity contribution in [3.63, 3.8) is 0 Å². The zero-order valence-electron chi connectivity index (χ0n) is 12.0. The smallest absolute Gasteiger partial charge is 0.417 e. The topological polar surface area (TPSA) is 58.6 Å². The predicted molar refractivity (Wildman–Crippen MR) is 74.7 cm³/mol. The first kappa shape index (κ1) is 18.1. The Morgan fingerprint density at radius 2 is 1.95 bits per heavy atom. The Kier molecular flexibility index (Phi) is 5.65. The van der Waals surface area contributed by atoms with Gasteiger partial charge < -0.3 is 15.0 Å². The maximum absolute atomic E-state index is 12.7. The quantitative estimate of drug-likeness (QED) is 0.859. The number of urea groups is 1. The molecule has 122 valence electrons. The molecule has 9 heteroatoms. The summed E-state index contributed by atoms with van der Waals surface area (Å²) in [4.78, 5) is 24.3. The fraction of sp³-hybridized carbons (Fsp3) is 0.385. The highest BCUT2D eigenvalue weighted by Gasteiger charge is 2.33. The number of nitrogens with zero attached hydrogens (tertiary/aromatic N) is 1. The second-order valence-corrected chi connectivity index (χ2v) is 4.84. The van der Waals surface area contributed by atoms with Crippen LogP contribution in [0.2, 0.25) is 5.02 Å². The van der Waals surface area contributed by atoms with E-state index in [1.165, 1.54) is 27.1 Å². The molecular formula is C13H14ClF3N2O3. The van der Waals surface area contributed by atoms with Crippen molar-refractivity contribution in [2.75, 3.05) is 19.5 Å². The minimum Gasteiger partial charge on any atom is -0.467 e. The third kappa shape index (κ3) is 4.27. The van der Waals surface area contributed by atoms with E-state index in [4.69, 9.17) is 11.6 Å². The highest BCUT2D eigenvalue weighted by Crippen LogP contribution is 2.36. The molecule has 0 saturated carbocycles. The Labute approximate surface area is 130 Å². The van der Waals surface area contributed by atoms with Gasteiger partial charge in [0.05, 0.1) is 17.7 Å². The molecule has 2 amide bonds. The summed E-state index contributed by atoms with van der Waals surface area (Å²) in [6.45, 7) is 1.43. The lowest BCUT2D eigenvalue weighted by Crippen LogP contribution is -2.43. The van der Waals surface area contributed by atoms with Crippen molar-refractivity contribution in [1.82, 2.24) is 4.90 Å². The molecule has 0 radical (unpaired) electrons. The van der Waals surface area contributed by atoms with Gasteiger partial charge in [0.25, 0.3) is 0 Å². The summed E-state index contributed by atoms with van der Waals surface area (Å²) in [7, 11) is 2.48. The number of carbonyl (C=O) groups is 2. The number of nitrogens with one attached hydrogen (secondary N) is 1. The molecule has 1 aromatic rings. The number of carbonyl (C=O) groups excluding carboxylic acids is 2. The fourth-order valence-corrected chi connectivity index (χ4v) is 1.76. The number of esters is 1. The third-order valence-corrected chi connectivity index (χ3v) is 3.30. The first-order valence-electron chi connectivity index (χ1n) is 6.06. The van der Waals surface area contributed by atoms with Crippen LogP contribution in [0.25, 0.3) is 0 Å². The minimum absolute atomic E-state index is 0.0920. The standard InChI is InChI=1S/C13H14ClF3N2O3/c1-7(11(20)22-3)19(2)12(21)18-8-4-5-10(14)9(6-8)13(15,16)17/h4-7H,1-3H3,(H,18,21)/t7-/m0/s1. The Balaban J connectivity index is 2.91. The lowest BCUT2D eigenvalue weighted by molar-refractivity contribution is -0.144. The number of hydrogen-bond acceptors (Lipinski definition) is 3. The zero-order valence-corrected chi connectivity index (χ0v) is 12.7. The molecule has 0 spiro atoms. The Morgan fingerprint density at radius 1 is 1.36 bits per heavy atom. The first-order chi connectivity index (χ1) is 10.1. The van der Waals surface area contributed by atoms with E-state index in [1.54, 1.807) is 0 Å². The monoisotopic (exact) mass is 338 g/mol. The normalized spacial score (nSPS) is 12.5. The van der Waals surface area contributed by atoms with Crippen LogP contribution < -0.4 is 5.32 Å². The van der Waals surface area contributed by atoms with Crippen molar-refractivity contribution in [1.29, 1.82) is 0 Å². The van der Waals surface area contributed by atoms with Gasteiger partial charge in [-0.1, -0.05) is 11.6 Å². The van der Waals surface area contributed by atoms with Gasteiger partial charge in [-0.15, -0.1) is 0 Å². The van der Waals surface area contributed by atoms with Crippen LogP contribution >= 0.6 is 11.6 Å². The van der Waals surface area contributed by atoms with Gasteiger partial charge in [0, 0.05) is 12.7 Å². The summed E-state index contributed by atoms with van der Waals surface area (Å²) in [6, 6.07) is 1.33. The van der Waals surface area contributed by atoms with E-state index in [1.807, 2.05) is 0 Å². The van der Waals surface area contributed by atoms with Crippen LogP contribution in [-0.2, 0) is 15.7 Å². The number of benzene rings is 1. The zero-order chi connectivity index (χ0) is 17.1. The molecule has 22 heavy (non-hydrogen) atoms. The molecule has 0 aliphatic rings. The molecule has 1 aromatic carbocycles. The van der Waals surface area contributed by atoms with Crippen LogP contribution in [0.5, 0.6) is 0 Å². The largest absolute Gasteiger partial charge is 0.467 e. The first-order valence-corrected chi connectivity index (χ1v) is 6.44. The minimum atomic E-state index is -4.64. The molecule has 0 unspecified atom stereocenters. The van der Waals surface area contributed by atoms with Crippen LogP contribution in [0.1, 0.15) is 12.5 Å². The highest BCUT2D eigenvalue weighted by atomic mass is 35.5. The van der Waals surface area contributed by atoms with Crippen molar-refractivity contribution in [2.45, 2.75) is 19.1 Å². The van der Waals surface area contributed by atoms with Crippen LogP contribution in [0.3, 0.4) is 0 Å². The highest BCUT2D eigenvalue weighted by molar-refractivity contribution is 6.31. The maximum Gasteiger partial charge on any atom is 0.417 e. The number of ether oxygens (including phenoxy) is 1. The number of anilines is 1. The Hall–Kier alpha value is -1.96. The van der Waals surface area contributed by atoms with Gasteiger partial charge in [0.2, 0.25) is 0 Å². The van der Waals surface area contributed by atoms with Gasteiger partial charge in [-0.05, 0) is 25.1 Å². The van der Waals surface area contributed by atoms with Crippen LogP contribution in [0.15, 0.2) is 18.2 Å². The molecular weight excluding hydrogens is 325 g/mol. The SMILES string of the molecule is COC(=O)[C@H](C)N(C)C(=O)Nc1ccc(Cl)c(C(F)(F)F)c1. The van der Waals surface area contributed by atoms with Gasteiger partial charge in [-0.3, -0.25) is 0 Å². The molecule has 0 saturated heterocycles. The van der Waals surface area contributed by atoms with E-state index in [0.29, 0.717) is 0 Å².